The van der Waals surface area contributed by atoms with Crippen LogP contribution >= 0.6 is 0 Å². The molecule has 152 valence electrons. The van der Waals surface area contributed by atoms with Gasteiger partial charge >= 0.3 is 0 Å². The maximum absolute atomic E-state index is 13.2. The minimum Gasteiger partial charge on any atom is -0.494 e. The van der Waals surface area contributed by atoms with Crippen molar-refractivity contribution in [3.8, 4) is 17.2 Å². The number of ether oxygens (including phenoxy) is 3. The first-order valence-corrected chi connectivity index (χ1v) is 10.0. The molecular weight excluding hydrogens is 380 g/mol. The number of amides is 1. The maximum Gasteiger partial charge on any atom is 0.256 e. The standard InChI is InChI=1S/C24H22N2O4/c1-2-28-18-10-8-17(9-11-18)25-23-19-5-3-4-6-20(19)24(27)26(23)14-16-7-12-21-22(13-16)30-15-29-21/h3-13,23,25H,2,14-15H2,1H3. The largest absolute Gasteiger partial charge is 0.494 e. The molecule has 0 saturated carbocycles. The van der Waals surface area contributed by atoms with Gasteiger partial charge in [-0.05, 0) is 55.0 Å². The van der Waals surface area contributed by atoms with Crippen LogP contribution in [0.4, 0.5) is 5.69 Å². The van der Waals surface area contributed by atoms with Gasteiger partial charge in [0, 0.05) is 23.4 Å². The number of rotatable bonds is 6. The molecule has 2 aliphatic rings. The molecule has 0 radical (unpaired) electrons. The number of carbonyl (C=O) groups is 1. The summed E-state index contributed by atoms with van der Waals surface area (Å²) in [6.45, 7) is 3.27. The lowest BCUT2D eigenvalue weighted by Gasteiger charge is -2.27. The number of nitrogens with one attached hydrogen (secondary N) is 1. The molecule has 3 aromatic rings. The van der Waals surface area contributed by atoms with Gasteiger partial charge in [0.15, 0.2) is 11.5 Å². The van der Waals surface area contributed by atoms with Gasteiger partial charge in [0.1, 0.15) is 11.9 Å². The monoisotopic (exact) mass is 402 g/mol. The molecule has 6 nitrogen and oxygen atoms in total. The maximum atomic E-state index is 13.2. The number of benzene rings is 3. The number of hydrogen-bond acceptors (Lipinski definition) is 5. The van der Waals surface area contributed by atoms with Gasteiger partial charge < -0.3 is 24.4 Å². The lowest BCUT2D eigenvalue weighted by atomic mass is 10.1. The molecule has 0 saturated heterocycles. The van der Waals surface area contributed by atoms with Crippen molar-refractivity contribution in [1.82, 2.24) is 4.90 Å². The average molecular weight is 402 g/mol. The number of nitrogens with zero attached hydrogens (tertiary/aromatic N) is 1. The Bertz CT molecular complexity index is 1080. The van der Waals surface area contributed by atoms with Crippen LogP contribution in [-0.4, -0.2) is 24.2 Å². The Morgan fingerprint density at radius 2 is 1.83 bits per heavy atom. The van der Waals surface area contributed by atoms with Crippen LogP contribution in [-0.2, 0) is 6.54 Å². The molecule has 3 aromatic carbocycles. The highest BCUT2D eigenvalue weighted by atomic mass is 16.7. The molecule has 0 aliphatic carbocycles. The van der Waals surface area contributed by atoms with Gasteiger partial charge in [-0.15, -0.1) is 0 Å². The SMILES string of the molecule is CCOc1ccc(NC2c3ccccc3C(=O)N2Cc2ccc3c(c2)OCO3)cc1. The van der Waals surface area contributed by atoms with E-state index in [9.17, 15) is 4.79 Å². The summed E-state index contributed by atoms with van der Waals surface area (Å²) in [6, 6.07) is 21.3. The normalized spacial score (nSPS) is 16.5. The molecule has 1 atom stereocenters. The molecule has 30 heavy (non-hydrogen) atoms. The molecule has 2 aliphatic heterocycles. The zero-order chi connectivity index (χ0) is 20.5. The highest BCUT2D eigenvalue weighted by molar-refractivity contribution is 5.99. The Morgan fingerprint density at radius 3 is 2.67 bits per heavy atom. The second-order valence-corrected chi connectivity index (χ2v) is 7.21. The Balaban J connectivity index is 1.43. The molecule has 6 heteroatoms. The Labute approximate surface area is 175 Å². The minimum absolute atomic E-state index is 0.00621. The van der Waals surface area contributed by atoms with Crippen molar-refractivity contribution >= 4 is 11.6 Å². The predicted octanol–water partition coefficient (Wildman–Crippen LogP) is 4.58. The van der Waals surface area contributed by atoms with E-state index < -0.39 is 0 Å². The van der Waals surface area contributed by atoms with E-state index in [1.807, 2.05) is 78.6 Å². The summed E-state index contributed by atoms with van der Waals surface area (Å²) in [5.41, 5.74) is 3.60. The number of carbonyl (C=O) groups excluding carboxylic acids is 1. The summed E-state index contributed by atoms with van der Waals surface area (Å²) in [4.78, 5) is 15.0. The van der Waals surface area contributed by atoms with Gasteiger partial charge in [0.25, 0.3) is 5.91 Å². The molecule has 1 N–H and O–H groups in total. The van der Waals surface area contributed by atoms with E-state index in [4.69, 9.17) is 14.2 Å². The van der Waals surface area contributed by atoms with E-state index in [1.165, 1.54) is 0 Å². The van der Waals surface area contributed by atoms with Crippen molar-refractivity contribution < 1.29 is 19.0 Å². The van der Waals surface area contributed by atoms with E-state index in [-0.39, 0.29) is 18.9 Å². The first-order valence-electron chi connectivity index (χ1n) is 10.0. The zero-order valence-corrected chi connectivity index (χ0v) is 16.6. The van der Waals surface area contributed by atoms with E-state index in [0.29, 0.717) is 18.9 Å². The highest BCUT2D eigenvalue weighted by Gasteiger charge is 2.36. The Morgan fingerprint density at radius 1 is 1.03 bits per heavy atom. The molecule has 1 unspecified atom stereocenters. The molecule has 5 rings (SSSR count). The third-order valence-corrected chi connectivity index (χ3v) is 5.32. The van der Waals surface area contributed by atoms with Crippen LogP contribution in [0.15, 0.2) is 66.7 Å². The fourth-order valence-corrected chi connectivity index (χ4v) is 3.90. The van der Waals surface area contributed by atoms with Crippen LogP contribution in [0, 0.1) is 0 Å². The second-order valence-electron chi connectivity index (χ2n) is 7.21. The Kier molecular flexibility index (Phi) is 4.67. The molecule has 2 heterocycles. The highest BCUT2D eigenvalue weighted by Crippen LogP contribution is 2.38. The minimum atomic E-state index is -0.267. The summed E-state index contributed by atoms with van der Waals surface area (Å²) < 4.78 is 16.4. The van der Waals surface area contributed by atoms with E-state index >= 15 is 0 Å². The third kappa shape index (κ3) is 3.30. The molecule has 0 aromatic heterocycles. The fraction of sp³-hybridized carbons (Fsp3) is 0.208. The molecule has 0 bridgehead atoms. The van der Waals surface area contributed by atoms with E-state index in [0.717, 1.165) is 33.9 Å². The predicted molar refractivity (Wildman–Crippen MR) is 113 cm³/mol. The van der Waals surface area contributed by atoms with Gasteiger partial charge in [0.2, 0.25) is 6.79 Å². The first-order chi connectivity index (χ1) is 14.7. The van der Waals surface area contributed by atoms with Crippen LogP contribution < -0.4 is 19.5 Å². The second kappa shape index (κ2) is 7.63. The quantitative estimate of drug-likeness (QED) is 0.654. The van der Waals surface area contributed by atoms with Crippen LogP contribution in [0.1, 0.15) is 34.6 Å². The lowest BCUT2D eigenvalue weighted by molar-refractivity contribution is 0.0728. The van der Waals surface area contributed by atoms with Crippen molar-refractivity contribution in [1.29, 1.82) is 0 Å². The van der Waals surface area contributed by atoms with Gasteiger partial charge in [-0.25, -0.2) is 0 Å². The van der Waals surface area contributed by atoms with Gasteiger partial charge in [-0.1, -0.05) is 24.3 Å². The molecule has 0 fully saturated rings. The van der Waals surface area contributed by atoms with Gasteiger partial charge in [0.05, 0.1) is 6.61 Å². The van der Waals surface area contributed by atoms with Crippen LogP contribution in [0.25, 0.3) is 0 Å². The first kappa shape index (κ1) is 18.4. The van der Waals surface area contributed by atoms with Gasteiger partial charge in [-0.2, -0.15) is 0 Å². The topological polar surface area (TPSA) is 60.0 Å². The average Bonchev–Trinajstić information content (AvgIpc) is 3.34. The zero-order valence-electron chi connectivity index (χ0n) is 16.6. The Hall–Kier alpha value is -3.67. The van der Waals surface area contributed by atoms with Crippen molar-refractivity contribution in [2.45, 2.75) is 19.6 Å². The van der Waals surface area contributed by atoms with Crippen LogP contribution in [0.3, 0.4) is 0 Å². The van der Waals surface area contributed by atoms with E-state index in [2.05, 4.69) is 5.32 Å². The van der Waals surface area contributed by atoms with Crippen molar-refractivity contribution in [3.05, 3.63) is 83.4 Å². The van der Waals surface area contributed by atoms with Crippen molar-refractivity contribution in [2.24, 2.45) is 0 Å². The number of fused-ring (bicyclic) bond motifs is 2. The number of hydrogen-bond donors (Lipinski definition) is 1. The number of anilines is 1. The molecule has 1 amide bonds. The molecular formula is C24H22N2O4. The van der Waals surface area contributed by atoms with Crippen molar-refractivity contribution in [3.63, 3.8) is 0 Å². The van der Waals surface area contributed by atoms with Crippen LogP contribution in [0.5, 0.6) is 17.2 Å². The summed E-state index contributed by atoms with van der Waals surface area (Å²) in [5.74, 6) is 2.28. The smallest absolute Gasteiger partial charge is 0.256 e. The lowest BCUT2D eigenvalue weighted by Crippen LogP contribution is -2.31. The summed E-state index contributed by atoms with van der Waals surface area (Å²) in [7, 11) is 0. The summed E-state index contributed by atoms with van der Waals surface area (Å²) in [6.07, 6.45) is -0.267. The third-order valence-electron chi connectivity index (χ3n) is 5.32. The summed E-state index contributed by atoms with van der Waals surface area (Å²) in [5, 5.41) is 3.51. The van der Waals surface area contributed by atoms with Crippen LogP contribution in [0.2, 0.25) is 0 Å². The van der Waals surface area contributed by atoms with E-state index in [1.54, 1.807) is 0 Å². The van der Waals surface area contributed by atoms with Gasteiger partial charge in [-0.3, -0.25) is 4.79 Å². The molecule has 0 spiro atoms. The van der Waals surface area contributed by atoms with Crippen molar-refractivity contribution in [2.75, 3.05) is 18.7 Å². The summed E-state index contributed by atoms with van der Waals surface area (Å²) >= 11 is 0. The fourth-order valence-electron chi connectivity index (χ4n) is 3.90.